The molecular weight excluding hydrogens is 266 g/mol. The van der Waals surface area contributed by atoms with E-state index in [2.05, 4.69) is 15.5 Å². The van der Waals surface area contributed by atoms with E-state index in [1.807, 2.05) is 11.8 Å². The largest absolute Gasteiger partial charge is 0.481 e. The summed E-state index contributed by atoms with van der Waals surface area (Å²) >= 11 is 1.97. The maximum Gasteiger partial charge on any atom is 0.314 e. The van der Waals surface area contributed by atoms with Gasteiger partial charge in [0.2, 0.25) is 0 Å². The number of thioether (sulfide) groups is 1. The van der Waals surface area contributed by atoms with Crippen molar-refractivity contribution in [2.45, 2.75) is 13.3 Å². The van der Waals surface area contributed by atoms with Crippen molar-refractivity contribution in [3.63, 3.8) is 0 Å². The number of aliphatic carboxylic acids is 1. The highest BCUT2D eigenvalue weighted by molar-refractivity contribution is 7.99. The number of hydrogen-bond donors (Lipinski definition) is 3. The van der Waals surface area contributed by atoms with Crippen LogP contribution < -0.4 is 10.6 Å². The molecule has 1 heterocycles. The van der Waals surface area contributed by atoms with Gasteiger partial charge in [0, 0.05) is 50.7 Å². The summed E-state index contributed by atoms with van der Waals surface area (Å²) in [6, 6.07) is -0.219. The molecule has 7 heteroatoms. The Kier molecular flexibility index (Phi) is 7.66. The predicted molar refractivity (Wildman–Crippen MR) is 76.6 cm³/mol. The van der Waals surface area contributed by atoms with Crippen LogP contribution in [0, 0.1) is 5.92 Å². The molecular formula is C12H23N3O3S. The van der Waals surface area contributed by atoms with Crippen molar-refractivity contribution in [1.29, 1.82) is 0 Å². The predicted octanol–water partition coefficient (Wildman–Crippen LogP) is 0.445. The SMILES string of the molecule is CC(CNC(=O)NCCN1CCSCC1)CC(=O)O. The van der Waals surface area contributed by atoms with Gasteiger partial charge in [0.1, 0.15) is 0 Å². The van der Waals surface area contributed by atoms with Gasteiger partial charge in [0.15, 0.2) is 0 Å². The summed E-state index contributed by atoms with van der Waals surface area (Å²) in [4.78, 5) is 24.3. The Hall–Kier alpha value is -0.950. The maximum absolute atomic E-state index is 11.5. The van der Waals surface area contributed by atoms with Crippen LogP contribution in [0.25, 0.3) is 0 Å². The number of urea groups is 1. The third-order valence-corrected chi connectivity index (χ3v) is 3.89. The number of carboxylic acid groups (broad SMARTS) is 1. The molecule has 0 bridgehead atoms. The molecule has 0 radical (unpaired) electrons. The molecule has 0 aromatic rings. The van der Waals surface area contributed by atoms with Crippen LogP contribution in [0.15, 0.2) is 0 Å². The summed E-state index contributed by atoms with van der Waals surface area (Å²) in [5.41, 5.74) is 0. The van der Waals surface area contributed by atoms with Gasteiger partial charge < -0.3 is 15.7 Å². The van der Waals surface area contributed by atoms with Gasteiger partial charge in [0.25, 0.3) is 0 Å². The van der Waals surface area contributed by atoms with Crippen molar-refractivity contribution in [3.8, 4) is 0 Å². The molecule has 1 rings (SSSR count). The fraction of sp³-hybridized carbons (Fsp3) is 0.833. The van der Waals surface area contributed by atoms with E-state index in [0.717, 1.165) is 19.6 Å². The van der Waals surface area contributed by atoms with Crippen LogP contribution in [0.2, 0.25) is 0 Å². The van der Waals surface area contributed by atoms with E-state index in [1.165, 1.54) is 11.5 Å². The van der Waals surface area contributed by atoms with Gasteiger partial charge in [-0.2, -0.15) is 11.8 Å². The lowest BCUT2D eigenvalue weighted by Crippen LogP contribution is -2.43. The highest BCUT2D eigenvalue weighted by Crippen LogP contribution is 2.07. The second-order valence-electron chi connectivity index (χ2n) is 4.79. The van der Waals surface area contributed by atoms with E-state index in [-0.39, 0.29) is 18.4 Å². The van der Waals surface area contributed by atoms with E-state index in [4.69, 9.17) is 5.11 Å². The zero-order valence-electron chi connectivity index (χ0n) is 11.4. The Morgan fingerprint density at radius 3 is 2.63 bits per heavy atom. The minimum atomic E-state index is -0.835. The van der Waals surface area contributed by atoms with E-state index >= 15 is 0 Å². The highest BCUT2D eigenvalue weighted by Gasteiger charge is 2.11. The zero-order valence-corrected chi connectivity index (χ0v) is 12.2. The molecule has 2 amide bonds. The van der Waals surface area contributed by atoms with Crippen LogP contribution >= 0.6 is 11.8 Å². The molecule has 0 aromatic carbocycles. The van der Waals surface area contributed by atoms with E-state index in [1.54, 1.807) is 6.92 Å². The fourth-order valence-corrected chi connectivity index (χ4v) is 2.83. The quantitative estimate of drug-likeness (QED) is 0.634. The lowest BCUT2D eigenvalue weighted by Gasteiger charge is -2.26. The smallest absolute Gasteiger partial charge is 0.314 e. The van der Waals surface area contributed by atoms with Gasteiger partial charge in [-0.25, -0.2) is 4.79 Å². The zero-order chi connectivity index (χ0) is 14.1. The normalized spacial score (nSPS) is 17.7. The van der Waals surface area contributed by atoms with Crippen LogP contribution in [0.4, 0.5) is 4.79 Å². The standard InChI is InChI=1S/C12H23N3O3S/c1-10(8-11(16)17)9-14-12(18)13-2-3-15-4-6-19-7-5-15/h10H,2-9H2,1H3,(H,16,17)(H2,13,14,18). The van der Waals surface area contributed by atoms with Gasteiger partial charge in [-0.05, 0) is 5.92 Å². The van der Waals surface area contributed by atoms with Gasteiger partial charge in [-0.3, -0.25) is 9.69 Å². The first-order chi connectivity index (χ1) is 9.08. The molecule has 1 aliphatic heterocycles. The molecule has 1 aliphatic rings. The monoisotopic (exact) mass is 289 g/mol. The van der Waals surface area contributed by atoms with Crippen LogP contribution in [0.3, 0.4) is 0 Å². The first kappa shape index (κ1) is 16.1. The summed E-state index contributed by atoms with van der Waals surface area (Å²) < 4.78 is 0. The summed E-state index contributed by atoms with van der Waals surface area (Å²) in [6.07, 6.45) is 0.0751. The van der Waals surface area contributed by atoms with Crippen molar-refractivity contribution >= 4 is 23.8 Å². The summed E-state index contributed by atoms with van der Waals surface area (Å²) in [6.45, 7) is 5.87. The minimum Gasteiger partial charge on any atom is -0.481 e. The summed E-state index contributed by atoms with van der Waals surface area (Å²) in [5, 5.41) is 14.1. The van der Waals surface area contributed by atoms with Crippen molar-refractivity contribution in [1.82, 2.24) is 15.5 Å². The first-order valence-electron chi connectivity index (χ1n) is 6.61. The van der Waals surface area contributed by atoms with Crippen molar-refractivity contribution in [2.24, 2.45) is 5.92 Å². The van der Waals surface area contributed by atoms with Crippen molar-refractivity contribution < 1.29 is 14.7 Å². The third kappa shape index (κ3) is 7.94. The molecule has 0 spiro atoms. The molecule has 6 nitrogen and oxygen atoms in total. The van der Waals surface area contributed by atoms with Crippen molar-refractivity contribution in [2.75, 3.05) is 44.2 Å². The van der Waals surface area contributed by atoms with Crippen LogP contribution in [0.5, 0.6) is 0 Å². The number of amides is 2. The Morgan fingerprint density at radius 2 is 2.00 bits per heavy atom. The summed E-state index contributed by atoms with van der Waals surface area (Å²) in [5.74, 6) is 1.44. The Balaban J connectivity index is 2.02. The number of carbonyl (C=O) groups is 2. The van der Waals surface area contributed by atoms with E-state index < -0.39 is 5.97 Å². The number of carbonyl (C=O) groups excluding carboxylic acids is 1. The second-order valence-corrected chi connectivity index (χ2v) is 6.02. The molecule has 1 unspecified atom stereocenters. The number of rotatable bonds is 7. The van der Waals surface area contributed by atoms with Crippen LogP contribution in [-0.4, -0.2) is 66.2 Å². The maximum atomic E-state index is 11.5. The molecule has 1 fully saturated rings. The lowest BCUT2D eigenvalue weighted by atomic mass is 10.1. The van der Waals surface area contributed by atoms with Gasteiger partial charge in [0.05, 0.1) is 0 Å². The van der Waals surface area contributed by atoms with Crippen molar-refractivity contribution in [3.05, 3.63) is 0 Å². The molecule has 19 heavy (non-hydrogen) atoms. The third-order valence-electron chi connectivity index (χ3n) is 2.95. The molecule has 0 aliphatic carbocycles. The number of nitrogens with one attached hydrogen (secondary N) is 2. The molecule has 0 aromatic heterocycles. The fourth-order valence-electron chi connectivity index (χ4n) is 1.85. The Morgan fingerprint density at radius 1 is 1.32 bits per heavy atom. The molecule has 1 atom stereocenters. The molecule has 1 saturated heterocycles. The summed E-state index contributed by atoms with van der Waals surface area (Å²) in [7, 11) is 0. The van der Waals surface area contributed by atoms with E-state index in [9.17, 15) is 9.59 Å². The van der Waals surface area contributed by atoms with Gasteiger partial charge in [-0.15, -0.1) is 0 Å². The van der Waals surface area contributed by atoms with E-state index in [0.29, 0.717) is 13.1 Å². The Bertz CT molecular complexity index is 296. The average Bonchev–Trinajstić information content (AvgIpc) is 2.37. The molecule has 0 saturated carbocycles. The number of nitrogens with zero attached hydrogens (tertiary/aromatic N) is 1. The number of hydrogen-bond acceptors (Lipinski definition) is 4. The van der Waals surface area contributed by atoms with Crippen LogP contribution in [-0.2, 0) is 4.79 Å². The van der Waals surface area contributed by atoms with Gasteiger partial charge >= 0.3 is 12.0 Å². The topological polar surface area (TPSA) is 81.7 Å². The first-order valence-corrected chi connectivity index (χ1v) is 7.77. The average molecular weight is 289 g/mol. The lowest BCUT2D eigenvalue weighted by molar-refractivity contribution is -0.137. The van der Waals surface area contributed by atoms with Gasteiger partial charge in [-0.1, -0.05) is 6.92 Å². The molecule has 110 valence electrons. The number of carboxylic acids is 1. The molecule has 3 N–H and O–H groups in total. The minimum absolute atomic E-state index is 0.0534. The highest BCUT2D eigenvalue weighted by atomic mass is 32.2. The Labute approximate surface area is 118 Å². The second kappa shape index (κ2) is 9.03. The van der Waals surface area contributed by atoms with Crippen LogP contribution in [0.1, 0.15) is 13.3 Å².